The van der Waals surface area contributed by atoms with Crippen LogP contribution in [0.4, 0.5) is 17.5 Å². The largest absolute Gasteiger partial charge is 0.497 e. The standard InChI is InChI=1S/C21H23N5O3S/c1-29-17-9-7-15(8-10-17)19-14-23-21-25-16-5-4-6-18(13-16)30(27,28)24-12-3-2-11-22-20(19)26-21/h4-10,13-14,24H,2-3,11-12H2,1H3,(H2,22,23,25,26). The lowest BCUT2D eigenvalue weighted by Crippen LogP contribution is -2.25. The highest BCUT2D eigenvalue weighted by Gasteiger charge is 2.15. The van der Waals surface area contributed by atoms with Crippen LogP contribution in [-0.2, 0) is 10.0 Å². The van der Waals surface area contributed by atoms with Gasteiger partial charge in [-0.3, -0.25) is 0 Å². The fraction of sp³-hybridized carbons (Fsp3) is 0.238. The van der Waals surface area contributed by atoms with E-state index >= 15 is 0 Å². The van der Waals surface area contributed by atoms with Crippen LogP contribution in [0.5, 0.6) is 5.75 Å². The van der Waals surface area contributed by atoms with Gasteiger partial charge in [0.25, 0.3) is 0 Å². The second-order valence-corrected chi connectivity index (χ2v) is 8.64. The Balaban J connectivity index is 1.71. The van der Waals surface area contributed by atoms with Crippen LogP contribution >= 0.6 is 0 Å². The highest BCUT2D eigenvalue weighted by molar-refractivity contribution is 7.89. The highest BCUT2D eigenvalue weighted by Crippen LogP contribution is 2.29. The molecule has 0 spiro atoms. The molecule has 0 radical (unpaired) electrons. The molecule has 0 atom stereocenters. The molecular formula is C21H23N5O3S. The van der Waals surface area contributed by atoms with Crippen molar-refractivity contribution >= 4 is 27.5 Å². The number of fused-ring (bicyclic) bond motifs is 4. The van der Waals surface area contributed by atoms with Crippen molar-refractivity contribution in [1.29, 1.82) is 0 Å². The highest BCUT2D eigenvalue weighted by atomic mass is 32.2. The number of nitrogens with zero attached hydrogens (tertiary/aromatic N) is 2. The van der Waals surface area contributed by atoms with E-state index in [4.69, 9.17) is 4.74 Å². The summed E-state index contributed by atoms with van der Waals surface area (Å²) >= 11 is 0. The molecule has 1 aromatic heterocycles. The molecule has 2 aromatic carbocycles. The quantitative estimate of drug-likeness (QED) is 0.578. The van der Waals surface area contributed by atoms with E-state index in [9.17, 15) is 8.42 Å². The normalized spacial score (nSPS) is 15.9. The van der Waals surface area contributed by atoms with E-state index in [1.165, 1.54) is 0 Å². The molecule has 1 aliphatic heterocycles. The fourth-order valence-corrected chi connectivity index (χ4v) is 4.29. The van der Waals surface area contributed by atoms with Gasteiger partial charge in [-0.2, -0.15) is 4.98 Å². The van der Waals surface area contributed by atoms with Gasteiger partial charge < -0.3 is 15.4 Å². The zero-order valence-corrected chi connectivity index (χ0v) is 17.4. The van der Waals surface area contributed by atoms with Crippen molar-refractivity contribution in [2.75, 3.05) is 30.8 Å². The summed E-state index contributed by atoms with van der Waals surface area (Å²) in [5, 5.41) is 6.46. The summed E-state index contributed by atoms with van der Waals surface area (Å²) in [4.78, 5) is 9.27. The van der Waals surface area contributed by atoms with Gasteiger partial charge in [0, 0.05) is 30.5 Å². The van der Waals surface area contributed by atoms with E-state index in [-0.39, 0.29) is 4.90 Å². The first kappa shape index (κ1) is 20.1. The van der Waals surface area contributed by atoms with E-state index in [0.717, 1.165) is 23.3 Å². The van der Waals surface area contributed by atoms with Gasteiger partial charge in [0.2, 0.25) is 16.0 Å². The van der Waals surface area contributed by atoms with Crippen molar-refractivity contribution < 1.29 is 13.2 Å². The average molecular weight is 426 g/mol. The third-order valence-corrected chi connectivity index (χ3v) is 6.24. The van der Waals surface area contributed by atoms with Crippen molar-refractivity contribution in [1.82, 2.24) is 14.7 Å². The summed E-state index contributed by atoms with van der Waals surface area (Å²) in [6.45, 7) is 1.04. The maximum Gasteiger partial charge on any atom is 0.240 e. The number of aromatic nitrogens is 2. The zero-order chi connectivity index (χ0) is 21.0. The number of ether oxygens (including phenoxy) is 1. The van der Waals surface area contributed by atoms with Crippen LogP contribution in [0.1, 0.15) is 12.8 Å². The Morgan fingerprint density at radius 1 is 1.03 bits per heavy atom. The maximum atomic E-state index is 12.5. The monoisotopic (exact) mass is 425 g/mol. The third kappa shape index (κ3) is 4.52. The molecule has 0 saturated heterocycles. The average Bonchev–Trinajstić information content (AvgIpc) is 2.76. The van der Waals surface area contributed by atoms with Crippen LogP contribution in [-0.4, -0.2) is 38.6 Å². The van der Waals surface area contributed by atoms with Crippen molar-refractivity contribution in [3.63, 3.8) is 0 Å². The number of nitrogens with one attached hydrogen (secondary N) is 3. The first-order valence-corrected chi connectivity index (χ1v) is 11.2. The first-order valence-electron chi connectivity index (χ1n) is 9.67. The van der Waals surface area contributed by atoms with Crippen LogP contribution in [0.2, 0.25) is 0 Å². The second kappa shape index (κ2) is 8.68. The minimum absolute atomic E-state index is 0.206. The van der Waals surface area contributed by atoms with Crippen LogP contribution in [0.15, 0.2) is 59.6 Å². The van der Waals surface area contributed by atoms with Gasteiger partial charge in [-0.15, -0.1) is 0 Å². The van der Waals surface area contributed by atoms with E-state index in [0.29, 0.717) is 37.0 Å². The lowest BCUT2D eigenvalue weighted by atomic mass is 10.1. The molecule has 3 N–H and O–H groups in total. The molecular weight excluding hydrogens is 402 g/mol. The van der Waals surface area contributed by atoms with Crippen LogP contribution in [0, 0.1) is 0 Å². The molecule has 2 heterocycles. The number of anilines is 3. The van der Waals surface area contributed by atoms with Gasteiger partial charge in [0.15, 0.2) is 0 Å². The maximum absolute atomic E-state index is 12.5. The smallest absolute Gasteiger partial charge is 0.240 e. The molecule has 30 heavy (non-hydrogen) atoms. The first-order chi connectivity index (χ1) is 14.5. The molecule has 4 bridgehead atoms. The van der Waals surface area contributed by atoms with E-state index in [2.05, 4.69) is 25.3 Å². The van der Waals surface area contributed by atoms with Gasteiger partial charge in [0.1, 0.15) is 11.6 Å². The summed E-state index contributed by atoms with van der Waals surface area (Å²) < 4.78 is 32.8. The van der Waals surface area contributed by atoms with Crippen LogP contribution < -0.4 is 20.1 Å². The Kier molecular flexibility index (Phi) is 5.82. The number of hydrogen-bond acceptors (Lipinski definition) is 7. The zero-order valence-electron chi connectivity index (χ0n) is 16.6. The van der Waals surface area contributed by atoms with Crippen LogP contribution in [0.3, 0.4) is 0 Å². The molecule has 4 rings (SSSR count). The fourth-order valence-electron chi connectivity index (χ4n) is 3.18. The Morgan fingerprint density at radius 3 is 2.63 bits per heavy atom. The summed E-state index contributed by atoms with van der Waals surface area (Å²) in [7, 11) is -1.92. The van der Waals surface area contributed by atoms with E-state index < -0.39 is 10.0 Å². The number of methoxy groups -OCH3 is 1. The van der Waals surface area contributed by atoms with Gasteiger partial charge in [-0.1, -0.05) is 18.2 Å². The molecule has 156 valence electrons. The Bertz CT molecular complexity index is 1130. The lowest BCUT2D eigenvalue weighted by molar-refractivity contribution is 0.415. The lowest BCUT2D eigenvalue weighted by Gasteiger charge is -2.15. The molecule has 9 heteroatoms. The summed E-state index contributed by atoms with van der Waals surface area (Å²) in [6.07, 6.45) is 3.25. The molecule has 0 amide bonds. The van der Waals surface area contributed by atoms with Gasteiger partial charge in [-0.25, -0.2) is 18.1 Å². The number of benzene rings is 2. The van der Waals surface area contributed by atoms with Gasteiger partial charge in [-0.05, 0) is 48.7 Å². The molecule has 8 nitrogen and oxygen atoms in total. The molecule has 0 aliphatic carbocycles. The SMILES string of the molecule is COc1ccc(-c2cnc3nc2NCCCCNS(=O)(=O)c2cccc(c2)N3)cc1. The van der Waals surface area contributed by atoms with Gasteiger partial charge in [0.05, 0.1) is 12.0 Å². The van der Waals surface area contributed by atoms with Gasteiger partial charge >= 0.3 is 0 Å². The predicted octanol–water partition coefficient (Wildman–Crippen LogP) is 3.38. The van der Waals surface area contributed by atoms with Crippen molar-refractivity contribution in [3.05, 3.63) is 54.7 Å². The molecule has 0 fully saturated rings. The Hall–Kier alpha value is -3.17. The predicted molar refractivity (Wildman–Crippen MR) is 117 cm³/mol. The van der Waals surface area contributed by atoms with Crippen molar-refractivity contribution in [3.8, 4) is 16.9 Å². The molecule has 0 saturated carbocycles. The van der Waals surface area contributed by atoms with Crippen molar-refractivity contribution in [2.24, 2.45) is 0 Å². The number of sulfonamides is 1. The minimum atomic E-state index is -3.55. The summed E-state index contributed by atoms with van der Waals surface area (Å²) in [6, 6.07) is 14.3. The summed E-state index contributed by atoms with van der Waals surface area (Å²) in [5.41, 5.74) is 2.45. The molecule has 3 aromatic rings. The second-order valence-electron chi connectivity index (χ2n) is 6.87. The van der Waals surface area contributed by atoms with E-state index in [1.807, 2.05) is 24.3 Å². The number of rotatable bonds is 2. The molecule has 1 aliphatic rings. The topological polar surface area (TPSA) is 105 Å². The molecule has 0 unspecified atom stereocenters. The Morgan fingerprint density at radius 2 is 1.83 bits per heavy atom. The summed E-state index contributed by atoms with van der Waals surface area (Å²) in [5.74, 6) is 1.88. The van der Waals surface area contributed by atoms with Crippen LogP contribution in [0.25, 0.3) is 11.1 Å². The minimum Gasteiger partial charge on any atom is -0.497 e. The Labute approximate surface area is 175 Å². The number of hydrogen-bond donors (Lipinski definition) is 3. The van der Waals surface area contributed by atoms with Crippen molar-refractivity contribution in [2.45, 2.75) is 17.7 Å². The third-order valence-electron chi connectivity index (χ3n) is 4.78. The van der Waals surface area contributed by atoms with E-state index in [1.54, 1.807) is 37.6 Å².